The number of halogens is 2. The van der Waals surface area contributed by atoms with Gasteiger partial charge in [0.2, 0.25) is 5.91 Å². The number of carbonyl (C=O) groups is 3. The number of aliphatic hydroxyl groups is 1. The molecule has 11 atom stereocenters. The van der Waals surface area contributed by atoms with Gasteiger partial charge in [0.05, 0.1) is 26.0 Å². The van der Waals surface area contributed by atoms with Crippen molar-refractivity contribution in [3.63, 3.8) is 0 Å². The van der Waals surface area contributed by atoms with Gasteiger partial charge in [0.15, 0.2) is 36.3 Å². The van der Waals surface area contributed by atoms with Crippen LogP contribution in [0.1, 0.15) is 42.0 Å². The first-order chi connectivity index (χ1) is 38.6. The third-order valence-corrected chi connectivity index (χ3v) is 14.4. The van der Waals surface area contributed by atoms with E-state index in [1.807, 2.05) is 0 Å². The summed E-state index contributed by atoms with van der Waals surface area (Å²) in [4.78, 5) is 100. The highest BCUT2D eigenvalue weighted by Gasteiger charge is 2.54. The van der Waals surface area contributed by atoms with E-state index in [1.54, 1.807) is 42.5 Å². The lowest BCUT2D eigenvalue weighted by atomic mass is 10.1. The summed E-state index contributed by atoms with van der Waals surface area (Å²) in [6, 6.07) is 17.7. The van der Waals surface area contributed by atoms with Crippen molar-refractivity contribution in [3.05, 3.63) is 136 Å². The number of imidazole rings is 1. The number of rotatable bonds is 22. The number of amides is 2. The number of hydrogen-bond acceptors (Lipinski definition) is 22. The van der Waals surface area contributed by atoms with Gasteiger partial charge in [-0.15, -0.1) is 0 Å². The number of phosphoric acid groups is 2. The molecule has 0 aliphatic carbocycles. The zero-order valence-corrected chi connectivity index (χ0v) is 44.6. The van der Waals surface area contributed by atoms with Crippen molar-refractivity contribution in [1.29, 1.82) is 0 Å². The van der Waals surface area contributed by atoms with E-state index in [-0.39, 0.29) is 59.8 Å². The Hall–Kier alpha value is -6.86. The van der Waals surface area contributed by atoms with Crippen LogP contribution in [-0.4, -0.2) is 136 Å². The van der Waals surface area contributed by atoms with Crippen molar-refractivity contribution in [1.82, 2.24) is 34.4 Å². The minimum Gasteiger partial charge on any atom is -0.455 e. The van der Waals surface area contributed by atoms with Crippen LogP contribution in [0.2, 0.25) is 5.02 Å². The quantitative estimate of drug-likeness (QED) is 0.0358. The topological polar surface area (TPSA) is 404 Å². The molecule has 432 valence electrons. The number of carbonyl (C=O) groups excluding carboxylic acids is 3. The Balaban J connectivity index is 0.934. The third-order valence-electron chi connectivity index (χ3n) is 12.7. The summed E-state index contributed by atoms with van der Waals surface area (Å²) in [5, 5.41) is 17.5. The molecular weight excluding hydrogens is 1140 g/mol. The fourth-order valence-electron chi connectivity index (χ4n) is 8.92. The van der Waals surface area contributed by atoms with Gasteiger partial charge in [0.1, 0.15) is 66.6 Å². The fraction of sp³-hybridized carbons (Fsp3) is 0.375. The van der Waals surface area contributed by atoms with Gasteiger partial charge in [-0.3, -0.25) is 27.5 Å². The zero-order chi connectivity index (χ0) is 57.6. The number of fused-ring (bicyclic) bond motifs is 1. The first-order valence-corrected chi connectivity index (χ1v) is 28.0. The number of aromatic nitrogens is 6. The van der Waals surface area contributed by atoms with E-state index in [4.69, 9.17) is 65.1 Å². The third kappa shape index (κ3) is 15.2. The van der Waals surface area contributed by atoms with Crippen LogP contribution in [0.5, 0.6) is 0 Å². The van der Waals surface area contributed by atoms with Gasteiger partial charge >= 0.3 is 33.4 Å². The number of alkyl carbamates (subject to hydrolysis) is 1. The second-order valence-corrected chi connectivity index (χ2v) is 21.5. The largest absolute Gasteiger partial charge is 0.472 e. The van der Waals surface area contributed by atoms with Crippen LogP contribution in [0.3, 0.4) is 0 Å². The molecule has 0 bridgehead atoms. The van der Waals surface area contributed by atoms with Gasteiger partial charge in [0, 0.05) is 36.4 Å². The maximum Gasteiger partial charge on any atom is 0.472 e. The number of phosphoric ester groups is 2. The average molecular weight is 1190 g/mol. The summed E-state index contributed by atoms with van der Waals surface area (Å²) in [6.45, 7) is -2.08. The molecule has 81 heavy (non-hydrogen) atoms. The van der Waals surface area contributed by atoms with Gasteiger partial charge in [0.25, 0.3) is 0 Å². The number of nitrogen functional groups attached to an aromatic ring is 2. The van der Waals surface area contributed by atoms with Crippen molar-refractivity contribution < 1.29 is 89.7 Å². The summed E-state index contributed by atoms with van der Waals surface area (Å²) < 4.78 is 92.7. The Labute approximate surface area is 462 Å². The summed E-state index contributed by atoms with van der Waals surface area (Å²) in [6.07, 6.45) is -11.6. The number of nitrogens with one attached hydrogen (secondary N) is 2. The SMILES string of the molecule is Nc1ccn([C@@H]2O[C@H](COP(=O)(O)O)[C@@H](OP(=O)(O)OC[C@H]3O[C@@H](n4cnc5c(N)ncnc54)[C@H](O)[C@@H]3OC(=O)[C@H](Cc3cccc(Cl)c3)NC(=O)OCc3ccc(NC(=O)Cc4ccc(F)cc4)cc3)[C@H]2OC2CCCO2)c(=O)n1. The van der Waals surface area contributed by atoms with Gasteiger partial charge in [-0.2, -0.15) is 4.98 Å². The molecule has 0 saturated carbocycles. The molecule has 6 aromatic rings. The molecule has 0 spiro atoms. The maximum absolute atomic E-state index is 14.5. The molecule has 2 unspecified atom stereocenters. The number of aliphatic hydroxyl groups excluding tert-OH is 1. The minimum atomic E-state index is -5.51. The summed E-state index contributed by atoms with van der Waals surface area (Å²) in [5.41, 5.74) is 12.8. The standard InChI is InChI=1S/C48H52ClFN10O19P2/c49-28-4-1-3-27(17-28)18-31(57-48(65)72-20-26-8-12-30(13-9-26)56-35(61)19-25-6-10-29(50)11-7-25)46(63)78-39-32(75-44(38(39)62)60-24-55-37-42(52)53-23-54-43(37)60)22-74-81(69,70)79-40-33(21-73-80(66,67)68)76-45(41(40)77-36-5-2-16-71-36)59-15-14-34(51)58-47(59)64/h1,3-4,6-15,17,23-24,31-33,36,38-41,44-45,62H,2,5,16,18-22H2,(H,56,61)(H,57,65)(H,69,70)(H2,51,58,64)(H2,52,53,54)(H2,66,67,68)/t31-,32+,33+,36?,38+,39+,40+,41+,44+,45+/m0/s1. The van der Waals surface area contributed by atoms with E-state index in [2.05, 4.69) is 30.6 Å². The van der Waals surface area contributed by atoms with E-state index in [0.29, 0.717) is 35.2 Å². The number of nitrogens with two attached hydrogens (primary N) is 2. The second-order valence-electron chi connectivity index (χ2n) is 18.5. The average Bonchev–Trinajstić information content (AvgIpc) is 4.35. The van der Waals surface area contributed by atoms with Crippen molar-refractivity contribution in [3.8, 4) is 0 Å². The molecule has 3 saturated heterocycles. The molecule has 3 aromatic carbocycles. The Morgan fingerprint density at radius 3 is 2.32 bits per heavy atom. The highest BCUT2D eigenvalue weighted by Crippen LogP contribution is 2.51. The molecule has 3 aliphatic rings. The first-order valence-electron chi connectivity index (χ1n) is 24.6. The number of benzene rings is 3. The van der Waals surface area contributed by atoms with Crippen molar-refractivity contribution >= 4 is 73.7 Å². The summed E-state index contributed by atoms with van der Waals surface area (Å²) in [7, 11) is -10.7. The highest BCUT2D eigenvalue weighted by atomic mass is 35.5. The molecule has 3 aromatic heterocycles. The van der Waals surface area contributed by atoms with Crippen molar-refractivity contribution in [2.45, 2.75) is 93.7 Å². The van der Waals surface area contributed by atoms with Gasteiger partial charge < -0.3 is 70.3 Å². The normalized spacial score (nSPS) is 23.9. The molecule has 33 heteroatoms. The van der Waals surface area contributed by atoms with Crippen LogP contribution >= 0.6 is 27.2 Å². The number of esters is 1. The van der Waals surface area contributed by atoms with Crippen molar-refractivity contribution in [2.24, 2.45) is 0 Å². The van der Waals surface area contributed by atoms with Crippen LogP contribution in [-0.2, 0) is 80.2 Å². The second kappa shape index (κ2) is 25.5. The van der Waals surface area contributed by atoms with E-state index in [1.165, 1.54) is 53.5 Å². The van der Waals surface area contributed by atoms with E-state index >= 15 is 0 Å². The van der Waals surface area contributed by atoms with Gasteiger partial charge in [-0.25, -0.2) is 42.9 Å². The Kier molecular flexibility index (Phi) is 18.5. The molecule has 2 amide bonds. The van der Waals surface area contributed by atoms with E-state index < -0.39 is 114 Å². The van der Waals surface area contributed by atoms with Gasteiger partial charge in [-0.05, 0) is 65.6 Å². The van der Waals surface area contributed by atoms with Gasteiger partial charge in [-0.1, -0.05) is 48.0 Å². The number of hydrogen-bond donors (Lipinski definition) is 8. The predicted octanol–water partition coefficient (Wildman–Crippen LogP) is 2.96. The predicted molar refractivity (Wildman–Crippen MR) is 276 cm³/mol. The highest BCUT2D eigenvalue weighted by molar-refractivity contribution is 7.47. The molecule has 3 fully saturated rings. The van der Waals surface area contributed by atoms with Crippen LogP contribution < -0.4 is 27.8 Å². The van der Waals surface area contributed by atoms with E-state index in [9.17, 15) is 52.5 Å². The zero-order valence-electron chi connectivity index (χ0n) is 42.1. The van der Waals surface area contributed by atoms with Crippen molar-refractivity contribution in [2.75, 3.05) is 36.6 Å². The first kappa shape index (κ1) is 58.8. The molecule has 9 rings (SSSR count). The van der Waals surface area contributed by atoms with Crippen LogP contribution in [0, 0.1) is 5.82 Å². The number of anilines is 3. The van der Waals surface area contributed by atoms with Crippen LogP contribution in [0.15, 0.2) is 103 Å². The molecular formula is C48H52ClFN10O19P2. The van der Waals surface area contributed by atoms with E-state index in [0.717, 1.165) is 10.9 Å². The maximum atomic E-state index is 14.5. The minimum absolute atomic E-state index is 0.00937. The monoisotopic (exact) mass is 1190 g/mol. The lowest BCUT2D eigenvalue weighted by Crippen LogP contribution is -2.47. The smallest absolute Gasteiger partial charge is 0.455 e. The van der Waals surface area contributed by atoms with Crippen LogP contribution in [0.4, 0.5) is 26.5 Å². The lowest BCUT2D eigenvalue weighted by molar-refractivity contribution is -0.181. The Morgan fingerprint density at radius 2 is 1.60 bits per heavy atom. The Morgan fingerprint density at radius 1 is 0.877 bits per heavy atom. The number of ether oxygens (including phenoxy) is 6. The summed E-state index contributed by atoms with van der Waals surface area (Å²) >= 11 is 6.28. The molecule has 29 nitrogen and oxygen atoms in total. The molecule has 0 radical (unpaired) electrons. The lowest BCUT2D eigenvalue weighted by Gasteiger charge is -2.29. The molecule has 3 aliphatic heterocycles. The Bertz CT molecular complexity index is 3380. The molecule has 6 heterocycles. The fourth-order valence-corrected chi connectivity index (χ4v) is 10.4. The van der Waals surface area contributed by atoms with Crippen LogP contribution in [0.25, 0.3) is 11.2 Å². The number of nitrogens with zero attached hydrogens (tertiary/aromatic N) is 6. The summed E-state index contributed by atoms with van der Waals surface area (Å²) in [5.74, 6) is -2.19. The molecule has 10 N–H and O–H groups in total.